The molecule has 158 valence electrons. The van der Waals surface area contributed by atoms with Gasteiger partial charge in [-0.15, -0.1) is 0 Å². The first-order valence-electron chi connectivity index (χ1n) is 9.89. The van der Waals surface area contributed by atoms with E-state index >= 15 is 0 Å². The molecule has 0 aromatic heterocycles. The van der Waals surface area contributed by atoms with E-state index in [1.54, 1.807) is 24.3 Å². The Bertz CT molecular complexity index is 914. The average molecular weight is 412 g/mol. The number of carbonyl (C=O) groups excluding carboxylic acids is 4. The number of anilines is 1. The lowest BCUT2D eigenvalue weighted by Crippen LogP contribution is -2.49. The van der Waals surface area contributed by atoms with Crippen LogP contribution < -0.4 is 10.6 Å². The lowest BCUT2D eigenvalue weighted by atomic mass is 9.77. The molecule has 2 aliphatic rings. The molecule has 1 atom stereocenters. The molecule has 2 fully saturated rings. The standard InChI is InChI=1S/C21H24N4O5/c1-13-7-9-21(10-8-13)19(28)25(20(29)24-21)12-17(26)30-14(2)18(27)23-16-6-4-3-5-15(16)11-22/h3-6,13-14H,7-10,12H2,1-2H3,(H,23,27)(H,24,29)/t13?,14-,21?/m0/s1. The number of amides is 4. The van der Waals surface area contributed by atoms with E-state index in [-0.39, 0.29) is 5.56 Å². The van der Waals surface area contributed by atoms with Gasteiger partial charge in [0, 0.05) is 0 Å². The van der Waals surface area contributed by atoms with E-state index in [0.29, 0.717) is 24.4 Å². The third-order valence-electron chi connectivity index (χ3n) is 5.64. The number of para-hydroxylation sites is 1. The first kappa shape index (κ1) is 21.3. The minimum atomic E-state index is -1.17. The van der Waals surface area contributed by atoms with E-state index in [4.69, 9.17) is 10.00 Å². The van der Waals surface area contributed by atoms with E-state index in [2.05, 4.69) is 17.6 Å². The summed E-state index contributed by atoms with van der Waals surface area (Å²) in [6, 6.07) is 7.77. The van der Waals surface area contributed by atoms with E-state index in [9.17, 15) is 19.2 Å². The number of carbonyl (C=O) groups is 4. The highest BCUT2D eigenvalue weighted by atomic mass is 16.5. The highest BCUT2D eigenvalue weighted by molar-refractivity contribution is 6.09. The molecule has 0 unspecified atom stereocenters. The van der Waals surface area contributed by atoms with Crippen LogP contribution >= 0.6 is 0 Å². The SMILES string of the molecule is CC1CCC2(CC1)NC(=O)N(CC(=O)O[C@@H](C)C(=O)Nc1ccccc1C#N)C2=O. The molecule has 1 spiro atoms. The summed E-state index contributed by atoms with van der Waals surface area (Å²) in [5.41, 5.74) is -0.361. The molecule has 0 bridgehead atoms. The number of hydrogen-bond donors (Lipinski definition) is 2. The van der Waals surface area contributed by atoms with Gasteiger partial charge in [0.05, 0.1) is 11.3 Å². The smallest absolute Gasteiger partial charge is 0.327 e. The zero-order valence-electron chi connectivity index (χ0n) is 16.9. The van der Waals surface area contributed by atoms with Crippen molar-refractivity contribution in [3.8, 4) is 6.07 Å². The predicted octanol–water partition coefficient (Wildman–Crippen LogP) is 1.93. The van der Waals surface area contributed by atoms with Gasteiger partial charge >= 0.3 is 12.0 Å². The van der Waals surface area contributed by atoms with Crippen molar-refractivity contribution in [1.82, 2.24) is 10.2 Å². The monoisotopic (exact) mass is 412 g/mol. The fraction of sp³-hybridized carbons (Fsp3) is 0.476. The Morgan fingerprint density at radius 3 is 2.67 bits per heavy atom. The molecule has 1 saturated carbocycles. The van der Waals surface area contributed by atoms with E-state index < -0.39 is 42.0 Å². The molecule has 1 aliphatic heterocycles. The Balaban J connectivity index is 1.57. The van der Waals surface area contributed by atoms with Gasteiger partial charge in [0.1, 0.15) is 18.2 Å². The van der Waals surface area contributed by atoms with Crippen molar-refractivity contribution in [3.05, 3.63) is 29.8 Å². The van der Waals surface area contributed by atoms with Gasteiger partial charge in [-0.1, -0.05) is 19.1 Å². The number of hydrogen-bond acceptors (Lipinski definition) is 6. The van der Waals surface area contributed by atoms with Crippen LogP contribution in [0, 0.1) is 17.2 Å². The lowest BCUT2D eigenvalue weighted by molar-refractivity contribution is -0.155. The van der Waals surface area contributed by atoms with E-state index in [1.165, 1.54) is 6.92 Å². The van der Waals surface area contributed by atoms with Crippen molar-refractivity contribution in [2.24, 2.45) is 5.92 Å². The minimum Gasteiger partial charge on any atom is -0.451 e. The molecule has 2 N–H and O–H groups in total. The third kappa shape index (κ3) is 4.27. The molecule has 9 heteroatoms. The van der Waals surface area contributed by atoms with Crippen LogP contribution in [0.1, 0.15) is 45.1 Å². The second kappa shape index (κ2) is 8.53. The zero-order chi connectivity index (χ0) is 21.9. The molecular formula is C21H24N4O5. The van der Waals surface area contributed by atoms with Gasteiger partial charge in [0.25, 0.3) is 11.8 Å². The number of ether oxygens (including phenoxy) is 1. The third-order valence-corrected chi connectivity index (χ3v) is 5.64. The predicted molar refractivity (Wildman–Crippen MR) is 106 cm³/mol. The van der Waals surface area contributed by atoms with Crippen LogP contribution in [0.5, 0.6) is 0 Å². The quantitative estimate of drug-likeness (QED) is 0.562. The Morgan fingerprint density at radius 2 is 2.00 bits per heavy atom. The molecule has 30 heavy (non-hydrogen) atoms. The van der Waals surface area contributed by atoms with Crippen molar-refractivity contribution >= 4 is 29.5 Å². The second-order valence-electron chi connectivity index (χ2n) is 7.86. The number of benzene rings is 1. The first-order chi connectivity index (χ1) is 14.3. The van der Waals surface area contributed by atoms with Crippen LogP contribution in [0.25, 0.3) is 0 Å². The minimum absolute atomic E-state index is 0.274. The van der Waals surface area contributed by atoms with Crippen LogP contribution in [0.15, 0.2) is 24.3 Å². The summed E-state index contributed by atoms with van der Waals surface area (Å²) in [4.78, 5) is 50.5. The van der Waals surface area contributed by atoms with Crippen molar-refractivity contribution in [1.29, 1.82) is 5.26 Å². The summed E-state index contributed by atoms with van der Waals surface area (Å²) in [6.07, 6.45) is 1.56. The van der Waals surface area contributed by atoms with Gasteiger partial charge in [-0.25, -0.2) is 4.79 Å². The summed E-state index contributed by atoms with van der Waals surface area (Å²) in [7, 11) is 0. The Hall–Kier alpha value is -3.41. The molecule has 1 aromatic rings. The number of imide groups is 1. The van der Waals surface area contributed by atoms with Crippen molar-refractivity contribution in [2.75, 3.05) is 11.9 Å². The fourth-order valence-electron chi connectivity index (χ4n) is 3.75. The lowest BCUT2D eigenvalue weighted by Gasteiger charge is -2.33. The number of nitrogens with one attached hydrogen (secondary N) is 2. The number of nitrogens with zero attached hydrogens (tertiary/aromatic N) is 2. The van der Waals surface area contributed by atoms with Gasteiger partial charge in [0.2, 0.25) is 0 Å². The number of nitriles is 1. The molecular weight excluding hydrogens is 388 g/mol. The summed E-state index contributed by atoms with van der Waals surface area (Å²) in [6.45, 7) is 2.91. The fourth-order valence-corrected chi connectivity index (χ4v) is 3.75. The van der Waals surface area contributed by atoms with Gasteiger partial charge in [-0.2, -0.15) is 5.26 Å². The van der Waals surface area contributed by atoms with Gasteiger partial charge in [-0.3, -0.25) is 19.3 Å². The van der Waals surface area contributed by atoms with Crippen molar-refractivity contribution in [3.63, 3.8) is 0 Å². The molecule has 0 radical (unpaired) electrons. The van der Waals surface area contributed by atoms with E-state index in [1.807, 2.05) is 6.07 Å². The normalized spacial score (nSPS) is 24.2. The number of rotatable bonds is 5. The maximum Gasteiger partial charge on any atom is 0.327 e. The zero-order valence-corrected chi connectivity index (χ0v) is 16.9. The summed E-state index contributed by atoms with van der Waals surface area (Å²) in [5, 5.41) is 14.3. The Morgan fingerprint density at radius 1 is 1.33 bits per heavy atom. The van der Waals surface area contributed by atoms with Crippen LogP contribution in [-0.4, -0.2) is 46.9 Å². The molecule has 1 heterocycles. The molecule has 9 nitrogen and oxygen atoms in total. The first-order valence-corrected chi connectivity index (χ1v) is 9.89. The second-order valence-corrected chi connectivity index (χ2v) is 7.86. The maximum absolute atomic E-state index is 12.8. The average Bonchev–Trinajstić information content (AvgIpc) is 2.94. The largest absolute Gasteiger partial charge is 0.451 e. The molecule has 3 rings (SSSR count). The van der Waals surface area contributed by atoms with E-state index in [0.717, 1.165) is 17.7 Å². The maximum atomic E-state index is 12.8. The Kier molecular flexibility index (Phi) is 6.06. The molecule has 1 saturated heterocycles. The highest BCUT2D eigenvalue weighted by Gasteiger charge is 2.52. The summed E-state index contributed by atoms with van der Waals surface area (Å²) < 4.78 is 5.10. The topological polar surface area (TPSA) is 129 Å². The van der Waals surface area contributed by atoms with Crippen molar-refractivity contribution in [2.45, 2.75) is 51.2 Å². The van der Waals surface area contributed by atoms with Crippen LogP contribution in [0.3, 0.4) is 0 Å². The number of urea groups is 1. The summed E-state index contributed by atoms with van der Waals surface area (Å²) >= 11 is 0. The van der Waals surface area contributed by atoms with Crippen LogP contribution in [0.4, 0.5) is 10.5 Å². The molecule has 4 amide bonds. The van der Waals surface area contributed by atoms with Crippen molar-refractivity contribution < 1.29 is 23.9 Å². The highest BCUT2D eigenvalue weighted by Crippen LogP contribution is 2.36. The summed E-state index contributed by atoms with van der Waals surface area (Å²) in [5.74, 6) is -1.42. The van der Waals surface area contributed by atoms with Gasteiger partial charge in [0.15, 0.2) is 6.10 Å². The Labute approximate surface area is 174 Å². The van der Waals surface area contributed by atoms with Crippen LogP contribution in [-0.2, 0) is 19.1 Å². The van der Waals surface area contributed by atoms with Crippen LogP contribution in [0.2, 0.25) is 0 Å². The number of esters is 1. The van der Waals surface area contributed by atoms with Gasteiger partial charge in [-0.05, 0) is 50.7 Å². The molecule has 1 aromatic carbocycles. The van der Waals surface area contributed by atoms with Gasteiger partial charge < -0.3 is 15.4 Å². The molecule has 1 aliphatic carbocycles.